The highest BCUT2D eigenvalue weighted by Gasteiger charge is 2.49. The first-order chi connectivity index (χ1) is 10.8. The predicted molar refractivity (Wildman–Crippen MR) is 91.7 cm³/mol. The van der Waals surface area contributed by atoms with Gasteiger partial charge in [-0.2, -0.15) is 0 Å². The number of allylic oxidation sites excluding steroid dienone is 2. The SMILES string of the molecule is C1=CC2CC1CC21CCc2cccc(-c3ccccc3)c2C1. The molecule has 0 saturated heterocycles. The summed E-state index contributed by atoms with van der Waals surface area (Å²) in [5.74, 6) is 1.71. The van der Waals surface area contributed by atoms with Crippen LogP contribution in [0.25, 0.3) is 11.1 Å². The third-order valence-electron chi connectivity index (χ3n) is 6.41. The van der Waals surface area contributed by atoms with E-state index >= 15 is 0 Å². The molecule has 110 valence electrons. The number of benzene rings is 2. The van der Waals surface area contributed by atoms with Gasteiger partial charge in [0.2, 0.25) is 0 Å². The number of aryl methyl sites for hydroxylation is 1. The van der Waals surface area contributed by atoms with Gasteiger partial charge in [0, 0.05) is 0 Å². The van der Waals surface area contributed by atoms with Gasteiger partial charge >= 0.3 is 0 Å². The van der Waals surface area contributed by atoms with Crippen molar-refractivity contribution in [1.82, 2.24) is 0 Å². The molecule has 0 amide bonds. The summed E-state index contributed by atoms with van der Waals surface area (Å²) in [7, 11) is 0. The zero-order valence-electron chi connectivity index (χ0n) is 13.0. The zero-order chi connectivity index (χ0) is 14.6. The average Bonchev–Trinajstić information content (AvgIpc) is 3.16. The van der Waals surface area contributed by atoms with E-state index in [0.717, 1.165) is 11.8 Å². The van der Waals surface area contributed by atoms with Gasteiger partial charge in [0.1, 0.15) is 0 Å². The molecule has 0 nitrogen and oxygen atoms in total. The van der Waals surface area contributed by atoms with Crippen LogP contribution in [0, 0.1) is 17.3 Å². The summed E-state index contributed by atoms with van der Waals surface area (Å²) in [5, 5.41) is 0. The van der Waals surface area contributed by atoms with Gasteiger partial charge in [-0.05, 0) is 71.6 Å². The lowest BCUT2D eigenvalue weighted by molar-refractivity contribution is 0.195. The molecule has 0 heterocycles. The molecule has 1 spiro atoms. The van der Waals surface area contributed by atoms with Crippen LogP contribution >= 0.6 is 0 Å². The first kappa shape index (κ1) is 12.7. The zero-order valence-corrected chi connectivity index (χ0v) is 13.0. The van der Waals surface area contributed by atoms with Crippen molar-refractivity contribution in [3.05, 3.63) is 71.8 Å². The van der Waals surface area contributed by atoms with Gasteiger partial charge in [-0.25, -0.2) is 0 Å². The molecule has 3 unspecified atom stereocenters. The molecule has 1 saturated carbocycles. The molecule has 0 aromatic heterocycles. The summed E-state index contributed by atoms with van der Waals surface area (Å²) in [6.07, 6.45) is 11.8. The summed E-state index contributed by atoms with van der Waals surface area (Å²) < 4.78 is 0. The minimum Gasteiger partial charge on any atom is -0.0851 e. The largest absolute Gasteiger partial charge is 0.0851 e. The summed E-state index contributed by atoms with van der Waals surface area (Å²) in [6.45, 7) is 0. The Hall–Kier alpha value is -1.82. The van der Waals surface area contributed by atoms with Gasteiger partial charge < -0.3 is 0 Å². The Labute approximate surface area is 132 Å². The van der Waals surface area contributed by atoms with Gasteiger partial charge in [-0.3, -0.25) is 0 Å². The van der Waals surface area contributed by atoms with E-state index in [1.54, 1.807) is 11.1 Å². The molecule has 3 aliphatic carbocycles. The van der Waals surface area contributed by atoms with Crippen molar-refractivity contribution in [2.75, 3.05) is 0 Å². The van der Waals surface area contributed by atoms with Crippen LogP contribution in [-0.2, 0) is 12.8 Å². The fourth-order valence-corrected chi connectivity index (χ4v) is 5.33. The van der Waals surface area contributed by atoms with Crippen LogP contribution in [0.15, 0.2) is 60.7 Å². The monoisotopic (exact) mass is 286 g/mol. The third-order valence-corrected chi connectivity index (χ3v) is 6.41. The lowest BCUT2D eigenvalue weighted by atomic mass is 9.63. The molecule has 0 radical (unpaired) electrons. The maximum atomic E-state index is 2.53. The van der Waals surface area contributed by atoms with Crippen LogP contribution in [0.3, 0.4) is 0 Å². The van der Waals surface area contributed by atoms with Crippen molar-refractivity contribution >= 4 is 0 Å². The van der Waals surface area contributed by atoms with Gasteiger partial charge in [0.15, 0.2) is 0 Å². The Morgan fingerprint density at radius 1 is 0.909 bits per heavy atom. The molecule has 5 rings (SSSR count). The van der Waals surface area contributed by atoms with Crippen molar-refractivity contribution in [1.29, 1.82) is 0 Å². The van der Waals surface area contributed by atoms with E-state index in [9.17, 15) is 0 Å². The average molecular weight is 286 g/mol. The van der Waals surface area contributed by atoms with E-state index in [1.807, 2.05) is 0 Å². The van der Waals surface area contributed by atoms with Gasteiger partial charge in [0.25, 0.3) is 0 Å². The molecule has 0 aliphatic heterocycles. The first-order valence-corrected chi connectivity index (χ1v) is 8.69. The molecule has 1 fully saturated rings. The van der Waals surface area contributed by atoms with E-state index in [2.05, 4.69) is 60.7 Å². The second-order valence-corrected chi connectivity index (χ2v) is 7.54. The van der Waals surface area contributed by atoms with Crippen molar-refractivity contribution in [3.8, 4) is 11.1 Å². The van der Waals surface area contributed by atoms with E-state index < -0.39 is 0 Å². The minimum atomic E-state index is 0.567. The smallest absolute Gasteiger partial charge is 0.0149 e. The van der Waals surface area contributed by atoms with Crippen molar-refractivity contribution in [3.63, 3.8) is 0 Å². The Morgan fingerprint density at radius 2 is 1.82 bits per heavy atom. The molecule has 3 atom stereocenters. The van der Waals surface area contributed by atoms with Crippen LogP contribution in [0.5, 0.6) is 0 Å². The molecule has 22 heavy (non-hydrogen) atoms. The van der Waals surface area contributed by atoms with Crippen LogP contribution in [-0.4, -0.2) is 0 Å². The van der Waals surface area contributed by atoms with Crippen LogP contribution in [0.1, 0.15) is 30.4 Å². The molecule has 2 bridgehead atoms. The Kier molecular flexibility index (Phi) is 2.65. The Morgan fingerprint density at radius 3 is 2.59 bits per heavy atom. The van der Waals surface area contributed by atoms with Crippen molar-refractivity contribution < 1.29 is 0 Å². The highest BCUT2D eigenvalue weighted by atomic mass is 14.5. The quantitative estimate of drug-likeness (QED) is 0.614. The van der Waals surface area contributed by atoms with Crippen molar-refractivity contribution in [2.24, 2.45) is 17.3 Å². The second-order valence-electron chi connectivity index (χ2n) is 7.54. The predicted octanol–water partition coefficient (Wildman–Crippen LogP) is 5.42. The standard InChI is InChI=1S/C22H22/c1-2-5-17(6-3-1)20-8-4-7-18-11-12-22(15-21(18)20)14-16-9-10-19(22)13-16/h1-10,16,19H,11-15H2. The van der Waals surface area contributed by atoms with E-state index in [4.69, 9.17) is 0 Å². The molecule has 2 aromatic rings. The topological polar surface area (TPSA) is 0 Å². The fraction of sp³-hybridized carbons (Fsp3) is 0.364. The normalized spacial score (nSPS) is 31.6. The number of rotatable bonds is 1. The van der Waals surface area contributed by atoms with Gasteiger partial charge in [-0.1, -0.05) is 60.7 Å². The van der Waals surface area contributed by atoms with Crippen molar-refractivity contribution in [2.45, 2.75) is 32.1 Å². The van der Waals surface area contributed by atoms with E-state index in [0.29, 0.717) is 5.41 Å². The maximum Gasteiger partial charge on any atom is -0.0149 e. The first-order valence-electron chi connectivity index (χ1n) is 8.69. The second kappa shape index (κ2) is 4.59. The Bertz CT molecular complexity index is 740. The summed E-state index contributed by atoms with van der Waals surface area (Å²) >= 11 is 0. The summed E-state index contributed by atoms with van der Waals surface area (Å²) in [5.41, 5.74) is 6.66. The van der Waals surface area contributed by atoms with Crippen LogP contribution in [0.4, 0.5) is 0 Å². The third kappa shape index (κ3) is 1.76. The van der Waals surface area contributed by atoms with E-state index in [1.165, 1.54) is 43.2 Å². The van der Waals surface area contributed by atoms with E-state index in [-0.39, 0.29) is 0 Å². The number of hydrogen-bond donors (Lipinski definition) is 0. The fourth-order valence-electron chi connectivity index (χ4n) is 5.33. The molecular weight excluding hydrogens is 264 g/mol. The molecule has 2 aromatic carbocycles. The lowest BCUT2D eigenvalue weighted by Gasteiger charge is -2.41. The highest BCUT2D eigenvalue weighted by molar-refractivity contribution is 5.69. The molecule has 0 N–H and O–H groups in total. The van der Waals surface area contributed by atoms with Crippen LogP contribution in [0.2, 0.25) is 0 Å². The van der Waals surface area contributed by atoms with Gasteiger partial charge in [0.05, 0.1) is 0 Å². The highest BCUT2D eigenvalue weighted by Crippen LogP contribution is 2.58. The number of hydrogen-bond acceptors (Lipinski definition) is 0. The number of fused-ring (bicyclic) bond motifs is 4. The van der Waals surface area contributed by atoms with Crippen LogP contribution < -0.4 is 0 Å². The maximum absolute atomic E-state index is 2.53. The summed E-state index contributed by atoms with van der Waals surface area (Å²) in [6, 6.07) is 17.9. The van der Waals surface area contributed by atoms with Gasteiger partial charge in [-0.15, -0.1) is 0 Å². The molecule has 0 heteroatoms. The lowest BCUT2D eigenvalue weighted by Crippen LogP contribution is -2.33. The minimum absolute atomic E-state index is 0.567. The molecular formula is C22H22. The summed E-state index contributed by atoms with van der Waals surface area (Å²) in [4.78, 5) is 0. The molecule has 3 aliphatic rings. The Balaban J connectivity index is 1.61.